The molecule has 0 heterocycles. The molecule has 0 atom stereocenters. The Balaban J connectivity index is 1.67. The first-order valence-electron chi connectivity index (χ1n) is 11.3. The molecule has 3 saturated carbocycles. The summed E-state index contributed by atoms with van der Waals surface area (Å²) in [5, 5.41) is 2.74. The first-order chi connectivity index (χ1) is 13.5. The molecule has 7 heteroatoms. The number of methoxy groups -OCH3 is 1. The van der Waals surface area contributed by atoms with E-state index in [-0.39, 0.29) is 35.9 Å². The minimum Gasteiger partial charge on any atom is -0.381 e. The number of hydrogen-bond acceptors (Lipinski definition) is 4. The SMILES string of the molecule is COC1CCC(S(=O)(=O)N(CC(=O)NC2CCCCC2)C2CCCCC2)CC1. The predicted molar refractivity (Wildman–Crippen MR) is 111 cm³/mol. The number of sulfonamides is 1. The zero-order valence-corrected chi connectivity index (χ0v) is 18.2. The second-order valence-corrected chi connectivity index (χ2v) is 11.1. The minimum absolute atomic E-state index is 0.00624. The standard InChI is InChI=1S/C21H38N2O4S/c1-27-19-12-14-20(15-13-19)28(25,26)23(18-10-6-3-7-11-18)16-21(24)22-17-8-4-2-5-9-17/h17-20H,2-16H2,1H3,(H,22,24). The second kappa shape index (κ2) is 10.4. The number of rotatable bonds is 7. The van der Waals surface area contributed by atoms with Crippen LogP contribution in [0.25, 0.3) is 0 Å². The van der Waals surface area contributed by atoms with Gasteiger partial charge in [-0.3, -0.25) is 4.79 Å². The summed E-state index contributed by atoms with van der Waals surface area (Å²) in [5.41, 5.74) is 0. The maximum atomic E-state index is 13.5. The van der Waals surface area contributed by atoms with Crippen LogP contribution in [0.1, 0.15) is 89.9 Å². The van der Waals surface area contributed by atoms with Gasteiger partial charge in [-0.1, -0.05) is 38.5 Å². The van der Waals surface area contributed by atoms with Gasteiger partial charge in [-0.2, -0.15) is 4.31 Å². The van der Waals surface area contributed by atoms with Crippen molar-refractivity contribution in [1.29, 1.82) is 0 Å². The number of amides is 1. The van der Waals surface area contributed by atoms with Crippen molar-refractivity contribution < 1.29 is 17.9 Å². The van der Waals surface area contributed by atoms with Crippen molar-refractivity contribution in [3.8, 4) is 0 Å². The van der Waals surface area contributed by atoms with E-state index in [2.05, 4.69) is 5.32 Å². The maximum Gasteiger partial charge on any atom is 0.235 e. The van der Waals surface area contributed by atoms with Crippen molar-refractivity contribution in [3.05, 3.63) is 0 Å². The lowest BCUT2D eigenvalue weighted by Gasteiger charge is -2.37. The molecule has 3 aliphatic rings. The van der Waals surface area contributed by atoms with Gasteiger partial charge in [0.1, 0.15) is 0 Å². The van der Waals surface area contributed by atoms with E-state index in [1.165, 1.54) is 6.42 Å². The van der Waals surface area contributed by atoms with Crippen LogP contribution in [-0.4, -0.2) is 55.7 Å². The lowest BCUT2D eigenvalue weighted by atomic mass is 9.95. The van der Waals surface area contributed by atoms with Crippen LogP contribution in [0, 0.1) is 0 Å². The van der Waals surface area contributed by atoms with Gasteiger partial charge < -0.3 is 10.1 Å². The fraction of sp³-hybridized carbons (Fsp3) is 0.952. The molecule has 0 aliphatic heterocycles. The van der Waals surface area contributed by atoms with Crippen molar-refractivity contribution in [2.45, 2.75) is 113 Å². The predicted octanol–water partition coefficient (Wildman–Crippen LogP) is 3.36. The van der Waals surface area contributed by atoms with Crippen LogP contribution >= 0.6 is 0 Å². The molecule has 0 aromatic carbocycles. The highest BCUT2D eigenvalue weighted by molar-refractivity contribution is 7.89. The second-order valence-electron chi connectivity index (χ2n) is 8.92. The third-order valence-electron chi connectivity index (χ3n) is 6.95. The van der Waals surface area contributed by atoms with Gasteiger partial charge in [0, 0.05) is 19.2 Å². The van der Waals surface area contributed by atoms with E-state index in [0.717, 1.165) is 70.6 Å². The van der Waals surface area contributed by atoms with E-state index < -0.39 is 10.0 Å². The van der Waals surface area contributed by atoms with E-state index in [9.17, 15) is 13.2 Å². The van der Waals surface area contributed by atoms with Crippen molar-refractivity contribution in [3.63, 3.8) is 0 Å². The van der Waals surface area contributed by atoms with Crippen LogP contribution < -0.4 is 5.32 Å². The topological polar surface area (TPSA) is 75.7 Å². The summed E-state index contributed by atoms with van der Waals surface area (Å²) in [7, 11) is -1.78. The van der Waals surface area contributed by atoms with E-state index in [0.29, 0.717) is 12.8 Å². The van der Waals surface area contributed by atoms with Gasteiger partial charge in [-0.25, -0.2) is 8.42 Å². The molecule has 3 fully saturated rings. The van der Waals surface area contributed by atoms with Crippen molar-refractivity contribution in [2.24, 2.45) is 0 Å². The molecule has 0 aromatic heterocycles. The van der Waals surface area contributed by atoms with Crippen LogP contribution in [0.5, 0.6) is 0 Å². The summed E-state index contributed by atoms with van der Waals surface area (Å²) in [6, 6.07) is 0.199. The molecule has 6 nitrogen and oxygen atoms in total. The van der Waals surface area contributed by atoms with Crippen LogP contribution in [0.3, 0.4) is 0 Å². The zero-order chi connectivity index (χ0) is 20.0. The number of carbonyl (C=O) groups excluding carboxylic acids is 1. The molecule has 0 spiro atoms. The van der Waals surface area contributed by atoms with Gasteiger partial charge in [-0.15, -0.1) is 0 Å². The van der Waals surface area contributed by atoms with E-state index in [4.69, 9.17) is 4.74 Å². The van der Waals surface area contributed by atoms with Crippen LogP contribution in [0.15, 0.2) is 0 Å². The molecule has 0 radical (unpaired) electrons. The molecule has 162 valence electrons. The van der Waals surface area contributed by atoms with Gasteiger partial charge >= 0.3 is 0 Å². The summed E-state index contributed by atoms with van der Waals surface area (Å²) < 4.78 is 34.0. The van der Waals surface area contributed by atoms with Gasteiger partial charge in [0.2, 0.25) is 15.9 Å². The van der Waals surface area contributed by atoms with E-state index >= 15 is 0 Å². The molecule has 1 N–H and O–H groups in total. The third kappa shape index (κ3) is 5.70. The van der Waals surface area contributed by atoms with E-state index in [1.807, 2.05) is 0 Å². The summed E-state index contributed by atoms with van der Waals surface area (Å²) in [6.07, 6.45) is 13.6. The number of ether oxygens (including phenoxy) is 1. The average molecular weight is 415 g/mol. The Hall–Kier alpha value is -0.660. The smallest absolute Gasteiger partial charge is 0.235 e. The fourth-order valence-corrected chi connectivity index (χ4v) is 7.39. The Morgan fingerprint density at radius 2 is 1.46 bits per heavy atom. The largest absolute Gasteiger partial charge is 0.381 e. The van der Waals surface area contributed by atoms with Crippen LogP contribution in [0.4, 0.5) is 0 Å². The summed E-state index contributed by atoms with van der Waals surface area (Å²) in [4.78, 5) is 12.8. The Labute approximate surface area is 170 Å². The van der Waals surface area contributed by atoms with Gasteiger partial charge in [0.15, 0.2) is 0 Å². The molecule has 3 aliphatic carbocycles. The Kier molecular flexibility index (Phi) is 8.18. The minimum atomic E-state index is -3.47. The Bertz CT molecular complexity index is 590. The number of nitrogens with zero attached hydrogens (tertiary/aromatic N) is 1. The van der Waals surface area contributed by atoms with Crippen molar-refractivity contribution in [1.82, 2.24) is 9.62 Å². The molecule has 0 aromatic rings. The molecule has 0 saturated heterocycles. The van der Waals surface area contributed by atoms with Gasteiger partial charge in [0.25, 0.3) is 0 Å². The first kappa shape index (κ1) is 22.0. The fourth-order valence-electron chi connectivity index (χ4n) is 5.21. The lowest BCUT2D eigenvalue weighted by molar-refractivity contribution is -0.122. The first-order valence-corrected chi connectivity index (χ1v) is 12.8. The summed E-state index contributed by atoms with van der Waals surface area (Å²) in [6.45, 7) is -0.00624. The number of nitrogens with one attached hydrogen (secondary N) is 1. The van der Waals surface area contributed by atoms with Gasteiger partial charge in [0.05, 0.1) is 17.9 Å². The number of hydrogen-bond donors (Lipinski definition) is 1. The molecule has 0 unspecified atom stereocenters. The van der Waals surface area contributed by atoms with E-state index in [1.54, 1.807) is 11.4 Å². The Morgan fingerprint density at radius 3 is 2.04 bits per heavy atom. The summed E-state index contributed by atoms with van der Waals surface area (Å²) in [5.74, 6) is -0.119. The van der Waals surface area contributed by atoms with Gasteiger partial charge in [-0.05, 0) is 51.4 Å². The molecular weight excluding hydrogens is 376 g/mol. The Morgan fingerprint density at radius 1 is 0.893 bits per heavy atom. The maximum absolute atomic E-state index is 13.5. The molecular formula is C21H38N2O4S. The third-order valence-corrected chi connectivity index (χ3v) is 9.35. The van der Waals surface area contributed by atoms with Crippen molar-refractivity contribution >= 4 is 15.9 Å². The zero-order valence-electron chi connectivity index (χ0n) is 17.4. The molecule has 0 bridgehead atoms. The highest BCUT2D eigenvalue weighted by Gasteiger charge is 2.40. The summed E-state index contributed by atoms with van der Waals surface area (Å²) >= 11 is 0. The molecule has 1 amide bonds. The van der Waals surface area contributed by atoms with Crippen molar-refractivity contribution in [2.75, 3.05) is 13.7 Å². The monoisotopic (exact) mass is 414 g/mol. The number of carbonyl (C=O) groups is 1. The van der Waals surface area contributed by atoms with Crippen LogP contribution in [-0.2, 0) is 19.6 Å². The highest BCUT2D eigenvalue weighted by atomic mass is 32.2. The average Bonchev–Trinajstić information content (AvgIpc) is 2.73. The quantitative estimate of drug-likeness (QED) is 0.693. The highest BCUT2D eigenvalue weighted by Crippen LogP contribution is 2.32. The normalized spacial score (nSPS) is 28.4. The molecule has 28 heavy (non-hydrogen) atoms. The molecule has 3 rings (SSSR count). The lowest BCUT2D eigenvalue weighted by Crippen LogP contribution is -2.52. The van der Waals surface area contributed by atoms with Crippen LogP contribution in [0.2, 0.25) is 0 Å².